The first kappa shape index (κ1) is 20.7. The SMILES string of the molecule is C[C@H](NC(=O)c1ccccc1Cl)C(=O)OCC(=O)c1ccc2c(c1)OCCCO2. The first-order valence-corrected chi connectivity index (χ1v) is 9.48. The second-order valence-electron chi connectivity index (χ2n) is 6.42. The predicted molar refractivity (Wildman–Crippen MR) is 106 cm³/mol. The van der Waals surface area contributed by atoms with E-state index in [1.54, 1.807) is 42.5 Å². The Morgan fingerprint density at radius 3 is 2.59 bits per heavy atom. The van der Waals surface area contributed by atoms with Crippen molar-refractivity contribution < 1.29 is 28.6 Å². The molecule has 0 aliphatic carbocycles. The van der Waals surface area contributed by atoms with E-state index in [0.29, 0.717) is 30.3 Å². The largest absolute Gasteiger partial charge is 0.490 e. The molecule has 0 spiro atoms. The predicted octanol–water partition coefficient (Wildman–Crippen LogP) is 3.05. The van der Waals surface area contributed by atoms with Gasteiger partial charge < -0.3 is 19.5 Å². The molecule has 0 bridgehead atoms. The van der Waals surface area contributed by atoms with Crippen molar-refractivity contribution in [3.05, 3.63) is 58.6 Å². The summed E-state index contributed by atoms with van der Waals surface area (Å²) in [5.41, 5.74) is 0.590. The topological polar surface area (TPSA) is 90.9 Å². The summed E-state index contributed by atoms with van der Waals surface area (Å²) >= 11 is 5.97. The monoisotopic (exact) mass is 417 g/mol. The van der Waals surface area contributed by atoms with E-state index in [4.69, 9.17) is 25.8 Å². The van der Waals surface area contributed by atoms with Crippen molar-refractivity contribution in [3.8, 4) is 11.5 Å². The fourth-order valence-electron chi connectivity index (χ4n) is 2.66. The van der Waals surface area contributed by atoms with E-state index < -0.39 is 30.3 Å². The van der Waals surface area contributed by atoms with Crippen LogP contribution in [0.3, 0.4) is 0 Å². The Labute approximate surface area is 172 Å². The normalized spacial score (nSPS) is 13.7. The van der Waals surface area contributed by atoms with E-state index in [2.05, 4.69) is 5.32 Å². The molecule has 1 aliphatic rings. The van der Waals surface area contributed by atoms with Crippen LogP contribution in [-0.4, -0.2) is 43.5 Å². The quantitative estimate of drug-likeness (QED) is 0.573. The molecular formula is C21H20ClNO6. The zero-order valence-electron chi connectivity index (χ0n) is 15.8. The van der Waals surface area contributed by atoms with Crippen LogP contribution in [0.1, 0.15) is 34.1 Å². The Morgan fingerprint density at radius 2 is 1.83 bits per heavy atom. The van der Waals surface area contributed by atoms with Gasteiger partial charge >= 0.3 is 5.97 Å². The van der Waals surface area contributed by atoms with Gasteiger partial charge in [-0.2, -0.15) is 0 Å². The highest BCUT2D eigenvalue weighted by molar-refractivity contribution is 6.33. The molecule has 0 radical (unpaired) electrons. The smallest absolute Gasteiger partial charge is 0.328 e. The summed E-state index contributed by atoms with van der Waals surface area (Å²) in [6.07, 6.45) is 0.757. The fourth-order valence-corrected chi connectivity index (χ4v) is 2.88. The van der Waals surface area contributed by atoms with Gasteiger partial charge in [-0.3, -0.25) is 9.59 Å². The molecule has 152 valence electrons. The van der Waals surface area contributed by atoms with Crippen LogP contribution in [0.2, 0.25) is 5.02 Å². The highest BCUT2D eigenvalue weighted by atomic mass is 35.5. The van der Waals surface area contributed by atoms with Crippen LogP contribution in [0, 0.1) is 0 Å². The molecule has 0 fully saturated rings. The minimum absolute atomic E-state index is 0.247. The lowest BCUT2D eigenvalue weighted by Crippen LogP contribution is -2.40. The molecule has 2 aromatic rings. The lowest BCUT2D eigenvalue weighted by atomic mass is 10.1. The highest BCUT2D eigenvalue weighted by Gasteiger charge is 2.21. The van der Waals surface area contributed by atoms with Crippen molar-refractivity contribution in [1.29, 1.82) is 0 Å². The first-order chi connectivity index (χ1) is 14.0. The molecule has 1 heterocycles. The van der Waals surface area contributed by atoms with E-state index >= 15 is 0 Å². The van der Waals surface area contributed by atoms with Crippen LogP contribution >= 0.6 is 11.6 Å². The Bertz CT molecular complexity index is 929. The zero-order valence-corrected chi connectivity index (χ0v) is 16.5. The third-order valence-electron chi connectivity index (χ3n) is 4.23. The number of halogens is 1. The Hall–Kier alpha value is -3.06. The number of carbonyl (C=O) groups excluding carboxylic acids is 3. The maximum absolute atomic E-state index is 12.4. The average Bonchev–Trinajstić information content (AvgIpc) is 2.96. The lowest BCUT2D eigenvalue weighted by molar-refractivity contribution is -0.144. The number of Topliss-reactive ketones (excluding diaryl/α,β-unsaturated/α-hetero) is 1. The second kappa shape index (κ2) is 9.43. The van der Waals surface area contributed by atoms with Gasteiger partial charge in [0.15, 0.2) is 23.9 Å². The molecular weight excluding hydrogens is 398 g/mol. The standard InChI is InChI=1S/C21H20ClNO6/c1-13(23-20(25)15-5-2-3-6-16(15)22)21(26)29-12-17(24)14-7-8-18-19(11-14)28-10-4-9-27-18/h2-3,5-8,11,13H,4,9-10,12H2,1H3,(H,23,25)/t13-/m0/s1. The van der Waals surface area contributed by atoms with Gasteiger partial charge in [-0.1, -0.05) is 23.7 Å². The van der Waals surface area contributed by atoms with E-state index in [-0.39, 0.29) is 10.6 Å². The molecule has 1 aliphatic heterocycles. The molecule has 1 atom stereocenters. The minimum Gasteiger partial charge on any atom is -0.490 e. The van der Waals surface area contributed by atoms with Gasteiger partial charge in [-0.15, -0.1) is 0 Å². The van der Waals surface area contributed by atoms with E-state index in [0.717, 1.165) is 6.42 Å². The summed E-state index contributed by atoms with van der Waals surface area (Å²) in [5.74, 6) is -0.562. The van der Waals surface area contributed by atoms with Gasteiger partial charge in [-0.05, 0) is 37.3 Å². The Morgan fingerprint density at radius 1 is 1.10 bits per heavy atom. The summed E-state index contributed by atoms with van der Waals surface area (Å²) in [6, 6.07) is 10.3. The van der Waals surface area contributed by atoms with Crippen LogP contribution in [0.25, 0.3) is 0 Å². The number of nitrogens with one attached hydrogen (secondary N) is 1. The molecule has 0 aromatic heterocycles. The molecule has 0 saturated heterocycles. The third kappa shape index (κ3) is 5.26. The summed E-state index contributed by atoms with van der Waals surface area (Å²) < 4.78 is 16.1. The van der Waals surface area contributed by atoms with Gasteiger partial charge in [0.2, 0.25) is 0 Å². The van der Waals surface area contributed by atoms with Crippen molar-refractivity contribution in [2.24, 2.45) is 0 Å². The molecule has 3 rings (SSSR count). The third-order valence-corrected chi connectivity index (χ3v) is 4.56. The Kier molecular flexibility index (Phi) is 6.72. The van der Waals surface area contributed by atoms with Gasteiger partial charge in [0.25, 0.3) is 5.91 Å². The number of amides is 1. The molecule has 0 saturated carbocycles. The van der Waals surface area contributed by atoms with Gasteiger partial charge in [0.1, 0.15) is 6.04 Å². The molecule has 0 unspecified atom stereocenters. The second-order valence-corrected chi connectivity index (χ2v) is 6.83. The maximum Gasteiger partial charge on any atom is 0.328 e. The molecule has 7 nitrogen and oxygen atoms in total. The van der Waals surface area contributed by atoms with Crippen LogP contribution in [0.15, 0.2) is 42.5 Å². The number of hydrogen-bond acceptors (Lipinski definition) is 6. The summed E-state index contributed by atoms with van der Waals surface area (Å²) in [4.78, 5) is 36.7. The van der Waals surface area contributed by atoms with Crippen LogP contribution in [-0.2, 0) is 9.53 Å². The van der Waals surface area contributed by atoms with E-state index in [1.807, 2.05) is 0 Å². The van der Waals surface area contributed by atoms with Crippen molar-refractivity contribution in [2.75, 3.05) is 19.8 Å². The molecule has 2 aromatic carbocycles. The fraction of sp³-hybridized carbons (Fsp3) is 0.286. The van der Waals surface area contributed by atoms with Crippen LogP contribution < -0.4 is 14.8 Å². The summed E-state index contributed by atoms with van der Waals surface area (Å²) in [7, 11) is 0. The molecule has 8 heteroatoms. The summed E-state index contributed by atoms with van der Waals surface area (Å²) in [6.45, 7) is 2.07. The Balaban J connectivity index is 1.54. The number of rotatable bonds is 6. The number of esters is 1. The van der Waals surface area contributed by atoms with Crippen molar-refractivity contribution in [3.63, 3.8) is 0 Å². The number of ether oxygens (including phenoxy) is 3. The van der Waals surface area contributed by atoms with Crippen molar-refractivity contribution >= 4 is 29.3 Å². The van der Waals surface area contributed by atoms with Crippen LogP contribution in [0.4, 0.5) is 0 Å². The van der Waals surface area contributed by atoms with Gasteiger partial charge in [0, 0.05) is 12.0 Å². The summed E-state index contributed by atoms with van der Waals surface area (Å²) in [5, 5.41) is 2.78. The average molecular weight is 418 g/mol. The number of ketones is 1. The van der Waals surface area contributed by atoms with Crippen molar-refractivity contribution in [1.82, 2.24) is 5.32 Å². The minimum atomic E-state index is -0.949. The number of fused-ring (bicyclic) bond motifs is 1. The van der Waals surface area contributed by atoms with E-state index in [1.165, 1.54) is 6.92 Å². The maximum atomic E-state index is 12.4. The molecule has 1 N–H and O–H groups in total. The number of hydrogen-bond donors (Lipinski definition) is 1. The molecule has 29 heavy (non-hydrogen) atoms. The number of carbonyl (C=O) groups is 3. The lowest BCUT2D eigenvalue weighted by Gasteiger charge is -2.14. The van der Waals surface area contributed by atoms with Gasteiger partial charge in [-0.25, -0.2) is 4.79 Å². The van der Waals surface area contributed by atoms with Crippen molar-refractivity contribution in [2.45, 2.75) is 19.4 Å². The number of benzene rings is 2. The van der Waals surface area contributed by atoms with E-state index in [9.17, 15) is 14.4 Å². The zero-order chi connectivity index (χ0) is 20.8. The first-order valence-electron chi connectivity index (χ1n) is 9.10. The van der Waals surface area contributed by atoms with Crippen LogP contribution in [0.5, 0.6) is 11.5 Å². The highest BCUT2D eigenvalue weighted by Crippen LogP contribution is 2.30. The van der Waals surface area contributed by atoms with Gasteiger partial charge in [0.05, 0.1) is 23.8 Å². The molecule has 1 amide bonds.